The number of aromatic amines is 1. The molecule has 0 spiro atoms. The highest BCUT2D eigenvalue weighted by Gasteiger charge is 2.32. The van der Waals surface area contributed by atoms with Crippen molar-refractivity contribution in [1.29, 1.82) is 0 Å². The molecule has 2 heterocycles. The topological polar surface area (TPSA) is 78.5 Å². The molecule has 1 aliphatic rings. The van der Waals surface area contributed by atoms with Crippen LogP contribution in [0.2, 0.25) is 0 Å². The van der Waals surface area contributed by atoms with Crippen molar-refractivity contribution in [1.82, 2.24) is 19.8 Å². The van der Waals surface area contributed by atoms with Gasteiger partial charge in [0.05, 0.1) is 18.9 Å². The molecule has 7 heteroatoms. The molecule has 1 fully saturated rings. The van der Waals surface area contributed by atoms with Crippen LogP contribution in [0.25, 0.3) is 0 Å². The van der Waals surface area contributed by atoms with Gasteiger partial charge in [-0.05, 0) is 39.0 Å². The minimum Gasteiger partial charge on any atom is -0.378 e. The van der Waals surface area contributed by atoms with Gasteiger partial charge in [-0.3, -0.25) is 9.59 Å². The van der Waals surface area contributed by atoms with Crippen LogP contribution in [0.3, 0.4) is 0 Å². The SMILES string of the molecule is CCCN(C(=O)c1nc[nH]c1C)C1CCN(C(=O)CC(OCC)C(C)C)CC1. The van der Waals surface area contributed by atoms with Gasteiger partial charge in [0.15, 0.2) is 0 Å². The smallest absolute Gasteiger partial charge is 0.274 e. The van der Waals surface area contributed by atoms with Crippen molar-refractivity contribution in [3.8, 4) is 0 Å². The second kappa shape index (κ2) is 10.6. The van der Waals surface area contributed by atoms with Gasteiger partial charge in [0, 0.05) is 38.0 Å². The van der Waals surface area contributed by atoms with Crippen LogP contribution >= 0.6 is 0 Å². The summed E-state index contributed by atoms with van der Waals surface area (Å²) >= 11 is 0. The van der Waals surface area contributed by atoms with E-state index in [9.17, 15) is 9.59 Å². The molecule has 2 amide bonds. The predicted octanol–water partition coefficient (Wildman–Crippen LogP) is 3.01. The highest BCUT2D eigenvalue weighted by molar-refractivity contribution is 5.93. The van der Waals surface area contributed by atoms with E-state index in [1.165, 1.54) is 0 Å². The second-order valence-electron chi connectivity index (χ2n) is 7.93. The minimum absolute atomic E-state index is 0.0124. The van der Waals surface area contributed by atoms with E-state index in [1.807, 2.05) is 23.6 Å². The van der Waals surface area contributed by atoms with Crippen LogP contribution in [0.4, 0.5) is 0 Å². The quantitative estimate of drug-likeness (QED) is 0.701. The van der Waals surface area contributed by atoms with Gasteiger partial charge in [-0.15, -0.1) is 0 Å². The number of hydrogen-bond acceptors (Lipinski definition) is 4. The highest BCUT2D eigenvalue weighted by atomic mass is 16.5. The maximum Gasteiger partial charge on any atom is 0.274 e. The summed E-state index contributed by atoms with van der Waals surface area (Å²) in [6.07, 6.45) is 4.48. The fraction of sp³-hybridized carbons (Fsp3) is 0.762. The van der Waals surface area contributed by atoms with Gasteiger partial charge in [0.1, 0.15) is 5.69 Å². The Balaban J connectivity index is 1.95. The van der Waals surface area contributed by atoms with Crippen LogP contribution in [0, 0.1) is 12.8 Å². The van der Waals surface area contributed by atoms with Gasteiger partial charge in [-0.2, -0.15) is 0 Å². The van der Waals surface area contributed by atoms with Gasteiger partial charge in [-0.1, -0.05) is 20.8 Å². The Hall–Kier alpha value is -1.89. The normalized spacial score (nSPS) is 16.4. The zero-order chi connectivity index (χ0) is 20.7. The van der Waals surface area contributed by atoms with Crippen LogP contribution < -0.4 is 0 Å². The molecule has 2 rings (SSSR count). The van der Waals surface area contributed by atoms with Gasteiger partial charge >= 0.3 is 0 Å². The molecule has 1 unspecified atom stereocenters. The fourth-order valence-electron chi connectivity index (χ4n) is 3.83. The maximum absolute atomic E-state index is 13.0. The van der Waals surface area contributed by atoms with Crippen molar-refractivity contribution < 1.29 is 14.3 Å². The van der Waals surface area contributed by atoms with Crippen molar-refractivity contribution in [3.63, 3.8) is 0 Å². The summed E-state index contributed by atoms with van der Waals surface area (Å²) < 4.78 is 5.73. The average Bonchev–Trinajstić information content (AvgIpc) is 3.11. The zero-order valence-electron chi connectivity index (χ0n) is 18.0. The van der Waals surface area contributed by atoms with Crippen LogP contribution in [0.15, 0.2) is 6.33 Å². The number of ether oxygens (including phenoxy) is 1. The van der Waals surface area contributed by atoms with Crippen molar-refractivity contribution in [2.45, 2.75) is 72.4 Å². The number of carbonyl (C=O) groups excluding carboxylic acids is 2. The van der Waals surface area contributed by atoms with E-state index in [0.717, 1.165) is 25.0 Å². The third kappa shape index (κ3) is 5.56. The minimum atomic E-state index is -0.0315. The van der Waals surface area contributed by atoms with E-state index in [4.69, 9.17) is 4.74 Å². The number of carbonyl (C=O) groups is 2. The monoisotopic (exact) mass is 392 g/mol. The van der Waals surface area contributed by atoms with Gasteiger partial charge in [0.2, 0.25) is 5.91 Å². The molecule has 0 aliphatic carbocycles. The molecule has 0 bridgehead atoms. The first-order valence-corrected chi connectivity index (χ1v) is 10.6. The first-order chi connectivity index (χ1) is 13.4. The van der Waals surface area contributed by atoms with Crippen LogP contribution in [-0.2, 0) is 9.53 Å². The number of hydrogen-bond donors (Lipinski definition) is 1. The molecule has 0 aromatic carbocycles. The number of amides is 2. The molecule has 1 aromatic heterocycles. The lowest BCUT2D eigenvalue weighted by molar-refractivity contribution is -0.136. The molecule has 158 valence electrons. The van der Waals surface area contributed by atoms with Crippen molar-refractivity contribution in [2.24, 2.45) is 5.92 Å². The van der Waals surface area contributed by atoms with E-state index >= 15 is 0 Å². The lowest BCUT2D eigenvalue weighted by atomic mass is 9.99. The number of aryl methyl sites for hydroxylation is 1. The summed E-state index contributed by atoms with van der Waals surface area (Å²) in [6, 6.07) is 0.153. The molecule has 1 aromatic rings. The molecule has 7 nitrogen and oxygen atoms in total. The zero-order valence-corrected chi connectivity index (χ0v) is 18.0. The second-order valence-corrected chi connectivity index (χ2v) is 7.93. The molecule has 1 aliphatic heterocycles. The van der Waals surface area contributed by atoms with Crippen molar-refractivity contribution in [3.05, 3.63) is 17.7 Å². The number of H-pyrrole nitrogens is 1. The molecule has 0 saturated carbocycles. The van der Waals surface area contributed by atoms with Crippen molar-refractivity contribution in [2.75, 3.05) is 26.2 Å². The van der Waals surface area contributed by atoms with E-state index in [1.54, 1.807) is 6.33 Å². The summed E-state index contributed by atoms with van der Waals surface area (Å²) in [6.45, 7) is 12.8. The van der Waals surface area contributed by atoms with Crippen LogP contribution in [0.1, 0.15) is 69.6 Å². The Morgan fingerprint density at radius 3 is 2.50 bits per heavy atom. The van der Waals surface area contributed by atoms with E-state index in [0.29, 0.717) is 44.3 Å². The Bertz CT molecular complexity index is 635. The van der Waals surface area contributed by atoms with Crippen molar-refractivity contribution >= 4 is 11.8 Å². The van der Waals surface area contributed by atoms with E-state index < -0.39 is 0 Å². The number of rotatable bonds is 9. The standard InChI is InChI=1S/C21H36N4O3/c1-6-10-25(21(27)20-16(5)22-14-23-20)17-8-11-24(12-9-17)19(26)13-18(15(3)4)28-7-2/h14-15,17-18H,6-13H2,1-5H3,(H,22,23). The van der Waals surface area contributed by atoms with Gasteiger partial charge in [-0.25, -0.2) is 4.98 Å². The number of likely N-dealkylation sites (tertiary alicyclic amines) is 1. The molecular formula is C21H36N4O3. The lowest BCUT2D eigenvalue weighted by Gasteiger charge is -2.39. The maximum atomic E-state index is 13.0. The fourth-order valence-corrected chi connectivity index (χ4v) is 3.83. The molecule has 1 N–H and O–H groups in total. The molecule has 1 saturated heterocycles. The summed E-state index contributed by atoms with van der Waals surface area (Å²) in [5, 5.41) is 0. The summed E-state index contributed by atoms with van der Waals surface area (Å²) in [5.74, 6) is 0.458. The third-order valence-corrected chi connectivity index (χ3v) is 5.52. The largest absolute Gasteiger partial charge is 0.378 e. The highest BCUT2D eigenvalue weighted by Crippen LogP contribution is 2.21. The summed E-state index contributed by atoms with van der Waals surface area (Å²) in [4.78, 5) is 36.7. The summed E-state index contributed by atoms with van der Waals surface area (Å²) in [7, 11) is 0. The first-order valence-electron chi connectivity index (χ1n) is 10.6. The van der Waals surface area contributed by atoms with Crippen LogP contribution in [-0.4, -0.2) is 70.0 Å². The number of nitrogens with one attached hydrogen (secondary N) is 1. The van der Waals surface area contributed by atoms with Crippen LogP contribution in [0.5, 0.6) is 0 Å². The third-order valence-electron chi connectivity index (χ3n) is 5.52. The number of imidazole rings is 1. The average molecular weight is 393 g/mol. The molecular weight excluding hydrogens is 356 g/mol. The van der Waals surface area contributed by atoms with Gasteiger partial charge in [0.25, 0.3) is 5.91 Å². The van der Waals surface area contributed by atoms with E-state index in [2.05, 4.69) is 30.7 Å². The molecule has 28 heavy (non-hydrogen) atoms. The Labute approximate surface area is 168 Å². The lowest BCUT2D eigenvalue weighted by Crippen LogP contribution is -2.49. The molecule has 0 radical (unpaired) electrons. The Morgan fingerprint density at radius 2 is 2.00 bits per heavy atom. The number of nitrogens with zero attached hydrogens (tertiary/aromatic N) is 3. The number of piperidine rings is 1. The Kier molecular flexibility index (Phi) is 8.48. The van der Waals surface area contributed by atoms with Gasteiger partial charge < -0.3 is 19.5 Å². The first kappa shape index (κ1) is 22.4. The molecule has 1 atom stereocenters. The summed E-state index contributed by atoms with van der Waals surface area (Å²) in [5.41, 5.74) is 1.30. The predicted molar refractivity (Wildman–Crippen MR) is 109 cm³/mol. The number of aromatic nitrogens is 2. The Morgan fingerprint density at radius 1 is 1.32 bits per heavy atom. The van der Waals surface area contributed by atoms with E-state index in [-0.39, 0.29) is 24.0 Å².